The summed E-state index contributed by atoms with van der Waals surface area (Å²) in [5.74, 6) is 0.840. The Balaban J connectivity index is 1.81. The van der Waals surface area contributed by atoms with Crippen molar-refractivity contribution in [1.82, 2.24) is 4.90 Å². The minimum Gasteiger partial charge on any atom is -0.493 e. The SMILES string of the molecule is COc1ccc(/C=C2\SC(=O)N(Cc3ccc(Cl)cc3)C2=O)cc1OC. The van der Waals surface area contributed by atoms with Crippen molar-refractivity contribution in [1.29, 1.82) is 0 Å². The third kappa shape index (κ3) is 3.86. The summed E-state index contributed by atoms with van der Waals surface area (Å²) in [6, 6.07) is 12.4. The van der Waals surface area contributed by atoms with Crippen LogP contribution in [0.3, 0.4) is 0 Å². The molecule has 0 atom stereocenters. The van der Waals surface area contributed by atoms with Crippen LogP contribution in [0.15, 0.2) is 47.4 Å². The lowest BCUT2D eigenvalue weighted by atomic mass is 10.1. The van der Waals surface area contributed by atoms with Crippen molar-refractivity contribution in [2.45, 2.75) is 6.54 Å². The van der Waals surface area contributed by atoms with Crippen LogP contribution in [0.2, 0.25) is 5.02 Å². The highest BCUT2D eigenvalue weighted by molar-refractivity contribution is 8.18. The van der Waals surface area contributed by atoms with Crippen LogP contribution >= 0.6 is 23.4 Å². The zero-order valence-corrected chi connectivity index (χ0v) is 15.8. The number of halogens is 1. The molecule has 0 spiro atoms. The number of carbonyl (C=O) groups excluding carboxylic acids is 2. The molecule has 1 fully saturated rings. The first-order valence-electron chi connectivity index (χ1n) is 7.73. The molecule has 134 valence electrons. The number of imide groups is 1. The molecule has 0 unspecified atom stereocenters. The van der Waals surface area contributed by atoms with Crippen LogP contribution in [0, 0.1) is 0 Å². The van der Waals surface area contributed by atoms with Gasteiger partial charge in [0.25, 0.3) is 11.1 Å². The third-order valence-electron chi connectivity index (χ3n) is 3.83. The lowest BCUT2D eigenvalue weighted by Crippen LogP contribution is -2.27. The number of ether oxygens (including phenoxy) is 2. The molecule has 0 N–H and O–H groups in total. The fraction of sp³-hybridized carbons (Fsp3) is 0.158. The summed E-state index contributed by atoms with van der Waals surface area (Å²) in [6.07, 6.45) is 1.68. The maximum absolute atomic E-state index is 12.6. The van der Waals surface area contributed by atoms with Crippen LogP contribution in [0.25, 0.3) is 6.08 Å². The molecule has 0 aliphatic carbocycles. The normalized spacial score (nSPS) is 15.7. The van der Waals surface area contributed by atoms with E-state index >= 15 is 0 Å². The van der Waals surface area contributed by atoms with E-state index in [0.717, 1.165) is 22.9 Å². The molecule has 26 heavy (non-hydrogen) atoms. The van der Waals surface area contributed by atoms with Crippen LogP contribution in [-0.2, 0) is 11.3 Å². The number of benzene rings is 2. The van der Waals surface area contributed by atoms with Gasteiger partial charge in [-0.15, -0.1) is 0 Å². The van der Waals surface area contributed by atoms with Gasteiger partial charge in [-0.3, -0.25) is 14.5 Å². The van der Waals surface area contributed by atoms with Crippen LogP contribution in [0.1, 0.15) is 11.1 Å². The minimum absolute atomic E-state index is 0.213. The Morgan fingerprint density at radius 3 is 2.38 bits per heavy atom. The molecule has 2 aromatic rings. The quantitative estimate of drug-likeness (QED) is 0.700. The lowest BCUT2D eigenvalue weighted by Gasteiger charge is -2.12. The van der Waals surface area contributed by atoms with Gasteiger partial charge in [0.05, 0.1) is 25.7 Å². The van der Waals surface area contributed by atoms with Gasteiger partial charge in [-0.2, -0.15) is 0 Å². The fourth-order valence-electron chi connectivity index (χ4n) is 2.50. The molecule has 2 aromatic carbocycles. The molecule has 0 saturated carbocycles. The van der Waals surface area contributed by atoms with Crippen LogP contribution in [-0.4, -0.2) is 30.3 Å². The molecule has 1 aliphatic rings. The first-order valence-corrected chi connectivity index (χ1v) is 8.93. The molecule has 0 aromatic heterocycles. The second kappa shape index (κ2) is 7.85. The standard InChI is InChI=1S/C19H16ClNO4S/c1-24-15-8-5-13(9-16(15)25-2)10-17-18(22)21(19(23)26-17)11-12-3-6-14(20)7-4-12/h3-10H,11H2,1-2H3/b17-10-. The molecular formula is C19H16ClNO4S. The first-order chi connectivity index (χ1) is 12.5. The van der Waals surface area contributed by atoms with Crippen LogP contribution in [0.4, 0.5) is 4.79 Å². The highest BCUT2D eigenvalue weighted by Crippen LogP contribution is 2.35. The van der Waals surface area contributed by atoms with Gasteiger partial charge >= 0.3 is 0 Å². The van der Waals surface area contributed by atoms with Crippen molar-refractivity contribution in [2.75, 3.05) is 14.2 Å². The van der Waals surface area contributed by atoms with E-state index in [0.29, 0.717) is 21.4 Å². The predicted octanol–water partition coefficient (Wildman–Crippen LogP) is 4.59. The smallest absolute Gasteiger partial charge is 0.293 e. The van der Waals surface area contributed by atoms with E-state index in [2.05, 4.69) is 0 Å². The number of rotatable bonds is 5. The molecular weight excluding hydrogens is 374 g/mol. The van der Waals surface area contributed by atoms with Crippen LogP contribution in [0.5, 0.6) is 11.5 Å². The van der Waals surface area contributed by atoms with Crippen LogP contribution < -0.4 is 9.47 Å². The van der Waals surface area contributed by atoms with Crippen molar-refractivity contribution in [2.24, 2.45) is 0 Å². The molecule has 1 aliphatic heterocycles. The maximum Gasteiger partial charge on any atom is 0.293 e. The summed E-state index contributed by atoms with van der Waals surface area (Å²) < 4.78 is 10.5. The largest absolute Gasteiger partial charge is 0.493 e. The van der Waals surface area contributed by atoms with Gasteiger partial charge in [-0.05, 0) is 53.2 Å². The van der Waals surface area contributed by atoms with E-state index in [1.807, 2.05) is 0 Å². The van der Waals surface area contributed by atoms with Crippen molar-refractivity contribution >= 4 is 40.6 Å². The Kier molecular flexibility index (Phi) is 5.54. The summed E-state index contributed by atoms with van der Waals surface area (Å²) in [5.41, 5.74) is 1.59. The summed E-state index contributed by atoms with van der Waals surface area (Å²) >= 11 is 6.79. The molecule has 7 heteroatoms. The fourth-order valence-corrected chi connectivity index (χ4v) is 3.47. The third-order valence-corrected chi connectivity index (χ3v) is 4.99. The maximum atomic E-state index is 12.6. The Morgan fingerprint density at radius 1 is 1.04 bits per heavy atom. The number of thioether (sulfide) groups is 1. The van der Waals surface area contributed by atoms with Crippen molar-refractivity contribution in [3.63, 3.8) is 0 Å². The average Bonchev–Trinajstić information content (AvgIpc) is 2.90. The summed E-state index contributed by atoms with van der Waals surface area (Å²) in [4.78, 5) is 26.4. The second-order valence-electron chi connectivity index (χ2n) is 5.51. The molecule has 0 radical (unpaired) electrons. The monoisotopic (exact) mass is 389 g/mol. The summed E-state index contributed by atoms with van der Waals surface area (Å²) in [6.45, 7) is 0.213. The number of carbonyl (C=O) groups is 2. The average molecular weight is 390 g/mol. The van der Waals surface area contributed by atoms with E-state index in [-0.39, 0.29) is 17.7 Å². The van der Waals surface area contributed by atoms with Crippen molar-refractivity contribution < 1.29 is 19.1 Å². The zero-order valence-electron chi connectivity index (χ0n) is 14.2. The second-order valence-corrected chi connectivity index (χ2v) is 6.94. The molecule has 1 saturated heterocycles. The van der Waals surface area contributed by atoms with E-state index in [1.165, 1.54) is 4.90 Å². The Morgan fingerprint density at radius 2 is 1.73 bits per heavy atom. The predicted molar refractivity (Wildman–Crippen MR) is 103 cm³/mol. The van der Waals surface area contributed by atoms with Gasteiger partial charge in [-0.1, -0.05) is 29.8 Å². The van der Waals surface area contributed by atoms with Gasteiger partial charge in [0.2, 0.25) is 0 Å². The molecule has 5 nitrogen and oxygen atoms in total. The minimum atomic E-state index is -0.315. The molecule has 0 bridgehead atoms. The number of amides is 2. The van der Waals surface area contributed by atoms with Gasteiger partial charge in [-0.25, -0.2) is 0 Å². The summed E-state index contributed by atoms with van der Waals surface area (Å²) in [7, 11) is 3.10. The number of nitrogens with zero attached hydrogens (tertiary/aromatic N) is 1. The number of methoxy groups -OCH3 is 2. The number of hydrogen-bond acceptors (Lipinski definition) is 5. The van der Waals surface area contributed by atoms with Gasteiger partial charge < -0.3 is 9.47 Å². The lowest BCUT2D eigenvalue weighted by molar-refractivity contribution is -0.123. The zero-order chi connectivity index (χ0) is 18.7. The van der Waals surface area contributed by atoms with Crippen molar-refractivity contribution in [3.05, 3.63) is 63.5 Å². The van der Waals surface area contributed by atoms with E-state index in [1.54, 1.807) is 62.8 Å². The molecule has 1 heterocycles. The van der Waals surface area contributed by atoms with Gasteiger partial charge in [0.15, 0.2) is 11.5 Å². The highest BCUT2D eigenvalue weighted by atomic mass is 35.5. The highest BCUT2D eigenvalue weighted by Gasteiger charge is 2.35. The first kappa shape index (κ1) is 18.4. The van der Waals surface area contributed by atoms with Crippen molar-refractivity contribution in [3.8, 4) is 11.5 Å². The number of hydrogen-bond donors (Lipinski definition) is 0. The van der Waals surface area contributed by atoms with E-state index < -0.39 is 0 Å². The molecule has 2 amide bonds. The Bertz CT molecular complexity index is 880. The van der Waals surface area contributed by atoms with Gasteiger partial charge in [0, 0.05) is 5.02 Å². The van der Waals surface area contributed by atoms with Gasteiger partial charge in [0.1, 0.15) is 0 Å². The Labute approximate surface area is 160 Å². The topological polar surface area (TPSA) is 55.8 Å². The van der Waals surface area contributed by atoms with E-state index in [9.17, 15) is 9.59 Å². The molecule has 3 rings (SSSR count). The Hall–Kier alpha value is -2.44. The van der Waals surface area contributed by atoms with E-state index in [4.69, 9.17) is 21.1 Å². The summed E-state index contributed by atoms with van der Waals surface area (Å²) in [5, 5.41) is 0.313.